The summed E-state index contributed by atoms with van der Waals surface area (Å²) in [6.07, 6.45) is 1.97. The standard InChI is InChI=1S/C10H8BrNSe/c1-7-6-12-10(13-7)8-2-4-9(11)5-3-8/h2-6H,1H3. The van der Waals surface area contributed by atoms with Crippen LogP contribution in [0.2, 0.25) is 0 Å². The van der Waals surface area contributed by atoms with Gasteiger partial charge in [0.05, 0.1) is 0 Å². The van der Waals surface area contributed by atoms with Crippen molar-refractivity contribution < 1.29 is 0 Å². The van der Waals surface area contributed by atoms with E-state index in [0.717, 1.165) is 4.47 Å². The third-order valence-electron chi connectivity index (χ3n) is 1.71. The molecule has 13 heavy (non-hydrogen) atoms. The molecule has 0 aliphatic heterocycles. The van der Waals surface area contributed by atoms with E-state index in [2.05, 4.69) is 52.1 Å². The molecule has 2 rings (SSSR count). The first kappa shape index (κ1) is 9.19. The van der Waals surface area contributed by atoms with Crippen LogP contribution in [0.3, 0.4) is 0 Å². The number of hydrogen-bond donors (Lipinski definition) is 0. The third-order valence-corrected chi connectivity index (χ3v) is 4.26. The number of rotatable bonds is 1. The summed E-state index contributed by atoms with van der Waals surface area (Å²) in [6.45, 7) is 2.13. The number of halogens is 1. The van der Waals surface area contributed by atoms with E-state index in [0.29, 0.717) is 14.5 Å². The Kier molecular flexibility index (Phi) is 2.68. The Morgan fingerprint density at radius 2 is 1.92 bits per heavy atom. The van der Waals surface area contributed by atoms with Crippen molar-refractivity contribution in [3.05, 3.63) is 39.4 Å². The van der Waals surface area contributed by atoms with Gasteiger partial charge in [0.1, 0.15) is 0 Å². The van der Waals surface area contributed by atoms with E-state index < -0.39 is 0 Å². The minimum atomic E-state index is 0.438. The van der Waals surface area contributed by atoms with Crippen LogP contribution in [-0.2, 0) is 0 Å². The summed E-state index contributed by atoms with van der Waals surface area (Å²) in [4.78, 5) is 4.38. The van der Waals surface area contributed by atoms with Crippen molar-refractivity contribution in [1.29, 1.82) is 0 Å². The van der Waals surface area contributed by atoms with Gasteiger partial charge in [-0.2, -0.15) is 0 Å². The van der Waals surface area contributed by atoms with Crippen molar-refractivity contribution in [2.75, 3.05) is 0 Å². The first-order valence-corrected chi connectivity index (χ1v) is 6.45. The molecule has 1 aromatic heterocycles. The molecule has 0 N–H and O–H groups in total. The second kappa shape index (κ2) is 3.79. The van der Waals surface area contributed by atoms with Gasteiger partial charge in [-0.15, -0.1) is 0 Å². The molecule has 2 aromatic rings. The maximum atomic E-state index is 4.38. The van der Waals surface area contributed by atoms with Gasteiger partial charge in [-0.25, -0.2) is 0 Å². The van der Waals surface area contributed by atoms with E-state index in [-0.39, 0.29) is 0 Å². The second-order valence-corrected chi connectivity index (χ2v) is 6.29. The fourth-order valence-electron chi connectivity index (χ4n) is 1.08. The normalized spacial score (nSPS) is 10.3. The number of hydrogen-bond acceptors (Lipinski definition) is 1. The molecule has 0 saturated heterocycles. The Labute approximate surface area is 91.7 Å². The summed E-state index contributed by atoms with van der Waals surface area (Å²) < 4.78 is 3.75. The molecule has 0 aliphatic carbocycles. The molecule has 1 aromatic carbocycles. The summed E-state index contributed by atoms with van der Waals surface area (Å²) in [7, 11) is 0. The predicted octanol–water partition coefficient (Wildman–Crippen LogP) is 2.88. The van der Waals surface area contributed by atoms with Crippen molar-refractivity contribution in [2.45, 2.75) is 6.92 Å². The molecule has 0 spiro atoms. The molecule has 0 saturated carbocycles. The predicted molar refractivity (Wildman–Crippen MR) is 59.1 cm³/mol. The van der Waals surface area contributed by atoms with Gasteiger partial charge in [0.2, 0.25) is 0 Å². The van der Waals surface area contributed by atoms with Crippen LogP contribution in [0.5, 0.6) is 0 Å². The Hall–Kier alpha value is -0.371. The zero-order valence-corrected chi connectivity index (χ0v) is 10.4. The first-order valence-electron chi connectivity index (χ1n) is 3.94. The summed E-state index contributed by atoms with van der Waals surface area (Å²) in [6, 6.07) is 8.33. The van der Waals surface area contributed by atoms with Crippen LogP contribution in [-0.4, -0.2) is 19.5 Å². The van der Waals surface area contributed by atoms with Crippen molar-refractivity contribution in [1.82, 2.24) is 4.98 Å². The van der Waals surface area contributed by atoms with Crippen molar-refractivity contribution in [3.8, 4) is 10.1 Å². The zero-order valence-electron chi connectivity index (χ0n) is 7.12. The van der Waals surface area contributed by atoms with E-state index in [1.165, 1.54) is 14.6 Å². The summed E-state index contributed by atoms with van der Waals surface area (Å²) in [5.41, 5.74) is 1.25. The number of nitrogens with zero attached hydrogens (tertiary/aromatic N) is 1. The monoisotopic (exact) mass is 301 g/mol. The van der Waals surface area contributed by atoms with Crippen LogP contribution < -0.4 is 0 Å². The van der Waals surface area contributed by atoms with Crippen molar-refractivity contribution in [3.63, 3.8) is 0 Å². The fourth-order valence-corrected chi connectivity index (χ4v) is 2.96. The van der Waals surface area contributed by atoms with E-state index in [1.54, 1.807) is 0 Å². The van der Waals surface area contributed by atoms with Crippen LogP contribution in [0.4, 0.5) is 0 Å². The van der Waals surface area contributed by atoms with Gasteiger partial charge < -0.3 is 0 Å². The van der Waals surface area contributed by atoms with Crippen LogP contribution >= 0.6 is 15.9 Å². The molecule has 1 heterocycles. The van der Waals surface area contributed by atoms with Crippen molar-refractivity contribution >= 4 is 30.4 Å². The molecule has 66 valence electrons. The van der Waals surface area contributed by atoms with E-state index >= 15 is 0 Å². The molecule has 0 fully saturated rings. The molecule has 0 bridgehead atoms. The number of aromatic nitrogens is 1. The quantitative estimate of drug-likeness (QED) is 0.738. The third kappa shape index (κ3) is 2.11. The maximum absolute atomic E-state index is 4.38. The Balaban J connectivity index is 2.41. The molecule has 3 heteroatoms. The molecule has 0 unspecified atom stereocenters. The second-order valence-electron chi connectivity index (χ2n) is 2.78. The molecule has 0 amide bonds. The summed E-state index contributed by atoms with van der Waals surface area (Å²) >= 11 is 3.86. The SMILES string of the molecule is Cc1cnc(-c2ccc(Br)cc2)[se]1. The van der Waals surface area contributed by atoms with Gasteiger partial charge in [0.25, 0.3) is 0 Å². The summed E-state index contributed by atoms with van der Waals surface area (Å²) in [5.74, 6) is 0. The van der Waals surface area contributed by atoms with Gasteiger partial charge in [-0.1, -0.05) is 0 Å². The van der Waals surface area contributed by atoms with E-state index in [1.807, 2.05) is 6.20 Å². The Morgan fingerprint density at radius 1 is 1.23 bits per heavy atom. The van der Waals surface area contributed by atoms with Gasteiger partial charge in [-0.05, 0) is 0 Å². The van der Waals surface area contributed by atoms with Crippen LogP contribution in [0.1, 0.15) is 4.44 Å². The molecule has 0 radical (unpaired) electrons. The average Bonchev–Trinajstić information content (AvgIpc) is 2.53. The Morgan fingerprint density at radius 3 is 2.46 bits per heavy atom. The number of aryl methyl sites for hydroxylation is 1. The first-order chi connectivity index (χ1) is 6.25. The van der Waals surface area contributed by atoms with E-state index in [4.69, 9.17) is 0 Å². The molecule has 1 nitrogen and oxygen atoms in total. The molecular weight excluding hydrogens is 293 g/mol. The van der Waals surface area contributed by atoms with Crippen molar-refractivity contribution in [2.24, 2.45) is 0 Å². The van der Waals surface area contributed by atoms with Gasteiger partial charge in [-0.3, -0.25) is 0 Å². The van der Waals surface area contributed by atoms with E-state index in [9.17, 15) is 0 Å². The van der Waals surface area contributed by atoms with Crippen LogP contribution in [0.15, 0.2) is 34.9 Å². The number of benzene rings is 1. The Bertz CT molecular complexity index is 405. The van der Waals surface area contributed by atoms with Gasteiger partial charge in [0.15, 0.2) is 0 Å². The van der Waals surface area contributed by atoms with Crippen LogP contribution in [0, 0.1) is 6.92 Å². The molecular formula is C10H8BrNSe. The molecule has 0 atom stereocenters. The molecule has 0 aliphatic rings. The summed E-state index contributed by atoms with van der Waals surface area (Å²) in [5, 5.41) is 0. The average molecular weight is 301 g/mol. The van der Waals surface area contributed by atoms with Gasteiger partial charge in [0, 0.05) is 0 Å². The topological polar surface area (TPSA) is 12.9 Å². The fraction of sp³-hybridized carbons (Fsp3) is 0.100. The zero-order chi connectivity index (χ0) is 9.26. The van der Waals surface area contributed by atoms with Gasteiger partial charge >= 0.3 is 91.8 Å². The van der Waals surface area contributed by atoms with Crippen LogP contribution in [0.25, 0.3) is 10.1 Å². The minimum absolute atomic E-state index is 0.438.